The van der Waals surface area contributed by atoms with Crippen LogP contribution in [0.5, 0.6) is 0 Å². The molecule has 0 unspecified atom stereocenters. The van der Waals surface area contributed by atoms with E-state index in [2.05, 4.69) is 26.9 Å². The van der Waals surface area contributed by atoms with Crippen molar-refractivity contribution >= 4 is 28.1 Å². The predicted molar refractivity (Wildman–Crippen MR) is 112 cm³/mol. The lowest BCUT2D eigenvalue weighted by atomic mass is 10.0. The van der Waals surface area contributed by atoms with Crippen LogP contribution < -0.4 is 9.80 Å². The highest BCUT2D eigenvalue weighted by Crippen LogP contribution is 2.31. The van der Waals surface area contributed by atoms with Gasteiger partial charge in [-0.2, -0.15) is 10.5 Å². The molecule has 6 nitrogen and oxygen atoms in total. The van der Waals surface area contributed by atoms with Gasteiger partial charge in [-0.3, -0.25) is 9.78 Å². The first-order valence-corrected chi connectivity index (χ1v) is 9.45. The number of pyridine rings is 1. The highest BCUT2D eigenvalue weighted by atomic mass is 16.1. The molecule has 1 aliphatic heterocycles. The Balaban J connectivity index is 1.65. The number of rotatable bonds is 3. The lowest BCUT2D eigenvalue weighted by Crippen LogP contribution is -2.47. The second-order valence-corrected chi connectivity index (χ2v) is 7.02. The third-order valence-corrected chi connectivity index (χ3v) is 5.31. The van der Waals surface area contributed by atoms with Crippen LogP contribution in [0.25, 0.3) is 10.9 Å². The first-order valence-electron chi connectivity index (χ1n) is 9.45. The summed E-state index contributed by atoms with van der Waals surface area (Å²) in [5.41, 5.74) is 4.31. The number of carbonyl (C=O) groups excluding carboxylic acids is 1. The minimum Gasteiger partial charge on any atom is -0.367 e. The summed E-state index contributed by atoms with van der Waals surface area (Å²) in [5.74, 6) is -0.0150. The predicted octanol–water partition coefficient (Wildman–Crippen LogP) is 3.51. The number of hydrogen-bond acceptors (Lipinski definition) is 6. The Morgan fingerprint density at radius 2 is 1.72 bits per heavy atom. The van der Waals surface area contributed by atoms with Crippen molar-refractivity contribution in [1.82, 2.24) is 4.98 Å². The van der Waals surface area contributed by atoms with Crippen LogP contribution in [-0.4, -0.2) is 36.9 Å². The number of carbonyl (C=O) groups is 1. The molecule has 1 fully saturated rings. The largest absolute Gasteiger partial charge is 0.367 e. The van der Waals surface area contributed by atoms with Crippen LogP contribution in [0, 0.1) is 22.7 Å². The summed E-state index contributed by atoms with van der Waals surface area (Å²) in [6, 6.07) is 17.5. The standard InChI is InChI=1S/C23H19N5O/c1-16(29)19-7-6-17(13-24)12-22(19)27-8-10-28(11-9-27)23-18(14-25)15-26-21-5-3-2-4-20(21)23/h2-7,12,15H,8-11H2,1H3. The lowest BCUT2D eigenvalue weighted by molar-refractivity contribution is 0.101. The van der Waals surface area contributed by atoms with Gasteiger partial charge in [0, 0.05) is 49.0 Å². The molecule has 3 aromatic rings. The highest BCUT2D eigenvalue weighted by molar-refractivity contribution is 6.00. The number of aromatic nitrogens is 1. The monoisotopic (exact) mass is 381 g/mol. The number of hydrogen-bond donors (Lipinski definition) is 0. The second kappa shape index (κ2) is 7.61. The Bertz CT molecular complexity index is 1180. The molecule has 0 bridgehead atoms. The van der Waals surface area contributed by atoms with Gasteiger partial charge in [0.05, 0.1) is 28.4 Å². The van der Waals surface area contributed by atoms with Crippen molar-refractivity contribution in [3.8, 4) is 12.1 Å². The number of anilines is 2. The quantitative estimate of drug-likeness (QED) is 0.646. The fraction of sp³-hybridized carbons (Fsp3) is 0.217. The molecule has 0 atom stereocenters. The maximum atomic E-state index is 12.1. The van der Waals surface area contributed by atoms with Gasteiger partial charge >= 0.3 is 0 Å². The maximum absolute atomic E-state index is 12.1. The zero-order valence-electron chi connectivity index (χ0n) is 16.1. The van der Waals surface area contributed by atoms with E-state index in [1.807, 2.05) is 24.3 Å². The van der Waals surface area contributed by atoms with Gasteiger partial charge in [0.15, 0.2) is 5.78 Å². The summed E-state index contributed by atoms with van der Waals surface area (Å²) in [4.78, 5) is 20.8. The van der Waals surface area contributed by atoms with Gasteiger partial charge in [0.25, 0.3) is 0 Å². The molecule has 142 valence electrons. The van der Waals surface area contributed by atoms with E-state index in [0.717, 1.165) is 22.3 Å². The van der Waals surface area contributed by atoms with E-state index >= 15 is 0 Å². The van der Waals surface area contributed by atoms with Crippen molar-refractivity contribution in [2.24, 2.45) is 0 Å². The second-order valence-electron chi connectivity index (χ2n) is 7.02. The highest BCUT2D eigenvalue weighted by Gasteiger charge is 2.24. The van der Waals surface area contributed by atoms with E-state index in [9.17, 15) is 15.3 Å². The van der Waals surface area contributed by atoms with Gasteiger partial charge in [-0.15, -0.1) is 0 Å². The summed E-state index contributed by atoms with van der Waals surface area (Å²) >= 11 is 0. The van der Waals surface area contributed by atoms with Crippen LogP contribution in [0.15, 0.2) is 48.7 Å². The van der Waals surface area contributed by atoms with Crippen molar-refractivity contribution in [2.45, 2.75) is 6.92 Å². The van der Waals surface area contributed by atoms with Crippen LogP contribution >= 0.6 is 0 Å². The molecule has 0 amide bonds. The number of piperazine rings is 1. The van der Waals surface area contributed by atoms with E-state index < -0.39 is 0 Å². The molecule has 0 spiro atoms. The van der Waals surface area contributed by atoms with Gasteiger partial charge < -0.3 is 9.80 Å². The molecule has 2 aromatic carbocycles. The number of Topliss-reactive ketones (excluding diaryl/α,β-unsaturated/α-hetero) is 1. The summed E-state index contributed by atoms with van der Waals surface area (Å²) in [7, 11) is 0. The van der Waals surface area contributed by atoms with E-state index in [1.54, 1.807) is 31.3 Å². The minimum atomic E-state index is -0.0150. The number of fused-ring (bicyclic) bond motifs is 1. The van der Waals surface area contributed by atoms with Gasteiger partial charge in [0.2, 0.25) is 0 Å². The van der Waals surface area contributed by atoms with E-state index in [4.69, 9.17) is 0 Å². The Kier molecular flexibility index (Phi) is 4.85. The Morgan fingerprint density at radius 3 is 2.41 bits per heavy atom. The molecule has 4 rings (SSSR count). The van der Waals surface area contributed by atoms with Crippen LogP contribution in [0.1, 0.15) is 28.4 Å². The lowest BCUT2D eigenvalue weighted by Gasteiger charge is -2.38. The molecule has 1 aromatic heterocycles. The van der Waals surface area contributed by atoms with E-state index in [0.29, 0.717) is 42.9 Å². The fourth-order valence-electron chi connectivity index (χ4n) is 3.88. The van der Waals surface area contributed by atoms with Crippen molar-refractivity contribution in [1.29, 1.82) is 10.5 Å². The summed E-state index contributed by atoms with van der Waals surface area (Å²) in [5, 5.41) is 19.8. The normalized spacial score (nSPS) is 13.8. The molecule has 1 saturated heterocycles. The number of benzene rings is 2. The number of para-hydroxylation sites is 1. The number of nitrogens with zero attached hydrogens (tertiary/aromatic N) is 5. The van der Waals surface area contributed by atoms with Crippen molar-refractivity contribution in [3.05, 3.63) is 65.4 Å². The number of ketones is 1. The van der Waals surface area contributed by atoms with Crippen LogP contribution in [0.3, 0.4) is 0 Å². The molecular weight excluding hydrogens is 362 g/mol. The van der Waals surface area contributed by atoms with Gasteiger partial charge in [-0.05, 0) is 31.2 Å². The van der Waals surface area contributed by atoms with Crippen LogP contribution in [0.4, 0.5) is 11.4 Å². The Morgan fingerprint density at radius 1 is 1.00 bits per heavy atom. The van der Waals surface area contributed by atoms with Crippen LogP contribution in [0.2, 0.25) is 0 Å². The molecule has 2 heterocycles. The van der Waals surface area contributed by atoms with Crippen molar-refractivity contribution in [3.63, 3.8) is 0 Å². The molecule has 0 saturated carbocycles. The summed E-state index contributed by atoms with van der Waals surface area (Å²) in [6.45, 7) is 4.34. The molecule has 0 radical (unpaired) electrons. The molecule has 0 N–H and O–H groups in total. The maximum Gasteiger partial charge on any atom is 0.161 e. The fourth-order valence-corrected chi connectivity index (χ4v) is 3.88. The topological polar surface area (TPSA) is 84.0 Å². The first-order chi connectivity index (χ1) is 14.1. The molecule has 0 aliphatic carbocycles. The van der Waals surface area contributed by atoms with Gasteiger partial charge in [-0.25, -0.2) is 0 Å². The number of nitriles is 2. The van der Waals surface area contributed by atoms with Crippen molar-refractivity contribution < 1.29 is 4.79 Å². The van der Waals surface area contributed by atoms with E-state index in [1.165, 1.54) is 0 Å². The Labute approximate surface area is 169 Å². The minimum absolute atomic E-state index is 0.0150. The smallest absolute Gasteiger partial charge is 0.161 e. The summed E-state index contributed by atoms with van der Waals surface area (Å²) < 4.78 is 0. The zero-order valence-corrected chi connectivity index (χ0v) is 16.1. The third-order valence-electron chi connectivity index (χ3n) is 5.31. The average Bonchev–Trinajstić information content (AvgIpc) is 2.77. The molecular formula is C23H19N5O. The SMILES string of the molecule is CC(=O)c1ccc(C#N)cc1N1CCN(c2c(C#N)cnc3ccccc23)CC1. The van der Waals surface area contributed by atoms with Gasteiger partial charge in [-0.1, -0.05) is 18.2 Å². The molecule has 6 heteroatoms. The average molecular weight is 381 g/mol. The van der Waals surface area contributed by atoms with Crippen molar-refractivity contribution in [2.75, 3.05) is 36.0 Å². The zero-order chi connectivity index (χ0) is 20.4. The van der Waals surface area contributed by atoms with Gasteiger partial charge in [0.1, 0.15) is 6.07 Å². The molecule has 29 heavy (non-hydrogen) atoms. The van der Waals surface area contributed by atoms with Crippen LogP contribution in [-0.2, 0) is 0 Å². The Hall–Kier alpha value is -3.90. The summed E-state index contributed by atoms with van der Waals surface area (Å²) in [6.07, 6.45) is 1.63. The van der Waals surface area contributed by atoms with E-state index in [-0.39, 0.29) is 5.78 Å². The third kappa shape index (κ3) is 3.37. The molecule has 1 aliphatic rings. The first kappa shape index (κ1) is 18.5.